The van der Waals surface area contributed by atoms with Crippen LogP contribution in [0.4, 0.5) is 5.82 Å². The van der Waals surface area contributed by atoms with Crippen LogP contribution in [0.2, 0.25) is 0 Å². The molecule has 8 heteroatoms. The number of sulfonamides is 1. The van der Waals surface area contributed by atoms with Crippen LogP contribution in [-0.2, 0) is 23.1 Å². The van der Waals surface area contributed by atoms with Gasteiger partial charge in [0, 0.05) is 19.3 Å². The molecule has 0 saturated carbocycles. The number of anilines is 1. The zero-order valence-corrected chi connectivity index (χ0v) is 13.0. The molecule has 0 spiro atoms. The highest BCUT2D eigenvalue weighted by molar-refractivity contribution is 7.89. The van der Waals surface area contributed by atoms with Gasteiger partial charge in [-0.05, 0) is 18.6 Å². The normalized spacial score (nSPS) is 12.1. The number of nitrogens with zero attached hydrogens (tertiary/aromatic N) is 3. The van der Waals surface area contributed by atoms with E-state index in [1.807, 2.05) is 6.92 Å². The largest absolute Gasteiger partial charge is 0.468 e. The standard InChI is InChI=1S/C13H20N4O3S/c1-3-7-16-10-12(13(14)15-16)21(18,19)17(4-2)9-11-6-5-8-20-11/h5-6,8,10H,3-4,7,9H2,1-2H3,(H2,14,15). The van der Waals surface area contributed by atoms with E-state index in [4.69, 9.17) is 10.2 Å². The molecule has 0 unspecified atom stereocenters. The Hall–Kier alpha value is -1.80. The van der Waals surface area contributed by atoms with E-state index in [0.29, 0.717) is 18.8 Å². The van der Waals surface area contributed by atoms with Crippen LogP contribution in [0.25, 0.3) is 0 Å². The van der Waals surface area contributed by atoms with Crippen molar-refractivity contribution in [1.82, 2.24) is 14.1 Å². The molecule has 0 fully saturated rings. The van der Waals surface area contributed by atoms with E-state index in [1.54, 1.807) is 23.7 Å². The number of aromatic nitrogens is 2. The number of aryl methyl sites for hydroxylation is 1. The molecule has 0 bridgehead atoms. The highest BCUT2D eigenvalue weighted by Gasteiger charge is 2.28. The lowest BCUT2D eigenvalue weighted by atomic mass is 10.4. The topological polar surface area (TPSA) is 94.4 Å². The molecule has 2 heterocycles. The number of hydrogen-bond donors (Lipinski definition) is 1. The van der Waals surface area contributed by atoms with E-state index >= 15 is 0 Å². The van der Waals surface area contributed by atoms with Crippen LogP contribution in [0, 0.1) is 0 Å². The number of nitrogens with two attached hydrogens (primary N) is 1. The van der Waals surface area contributed by atoms with Crippen molar-refractivity contribution in [2.45, 2.75) is 38.3 Å². The molecule has 0 aliphatic rings. The van der Waals surface area contributed by atoms with Gasteiger partial charge in [0.1, 0.15) is 10.7 Å². The second-order valence-corrected chi connectivity index (χ2v) is 6.56. The number of rotatable bonds is 7. The summed E-state index contributed by atoms with van der Waals surface area (Å²) < 4.78 is 33.4. The second kappa shape index (κ2) is 6.31. The Kier molecular flexibility index (Phi) is 4.69. The Labute approximate surface area is 124 Å². The van der Waals surface area contributed by atoms with Crippen molar-refractivity contribution in [3.8, 4) is 0 Å². The van der Waals surface area contributed by atoms with Gasteiger partial charge in [0.05, 0.1) is 12.8 Å². The molecule has 21 heavy (non-hydrogen) atoms. The first-order valence-corrected chi connectivity index (χ1v) is 8.28. The average molecular weight is 312 g/mol. The molecule has 7 nitrogen and oxygen atoms in total. The van der Waals surface area contributed by atoms with Crippen molar-refractivity contribution >= 4 is 15.8 Å². The van der Waals surface area contributed by atoms with E-state index < -0.39 is 10.0 Å². The van der Waals surface area contributed by atoms with E-state index in [2.05, 4.69) is 5.10 Å². The molecule has 0 aromatic carbocycles. The summed E-state index contributed by atoms with van der Waals surface area (Å²) in [6.07, 6.45) is 3.85. The van der Waals surface area contributed by atoms with Crippen molar-refractivity contribution in [1.29, 1.82) is 0 Å². The first kappa shape index (κ1) is 15.6. The number of hydrogen-bond acceptors (Lipinski definition) is 5. The Morgan fingerprint density at radius 2 is 2.19 bits per heavy atom. The maximum Gasteiger partial charge on any atom is 0.248 e. The summed E-state index contributed by atoms with van der Waals surface area (Å²) in [7, 11) is -3.69. The van der Waals surface area contributed by atoms with E-state index in [-0.39, 0.29) is 17.3 Å². The molecule has 0 amide bonds. The fourth-order valence-corrected chi connectivity index (χ4v) is 3.52. The second-order valence-electron chi connectivity index (χ2n) is 4.65. The van der Waals surface area contributed by atoms with Crippen LogP contribution in [0.1, 0.15) is 26.0 Å². The molecule has 0 radical (unpaired) electrons. The quantitative estimate of drug-likeness (QED) is 0.839. The first-order valence-electron chi connectivity index (χ1n) is 6.84. The molecule has 0 saturated heterocycles. The molecule has 2 rings (SSSR count). The van der Waals surface area contributed by atoms with Gasteiger partial charge in [-0.2, -0.15) is 9.40 Å². The molecule has 2 N–H and O–H groups in total. The van der Waals surface area contributed by atoms with E-state index in [9.17, 15) is 8.42 Å². The summed E-state index contributed by atoms with van der Waals surface area (Å²) >= 11 is 0. The van der Waals surface area contributed by atoms with E-state index in [1.165, 1.54) is 16.8 Å². The lowest BCUT2D eigenvalue weighted by molar-refractivity contribution is 0.375. The highest BCUT2D eigenvalue weighted by atomic mass is 32.2. The van der Waals surface area contributed by atoms with Gasteiger partial charge in [-0.15, -0.1) is 0 Å². The minimum Gasteiger partial charge on any atom is -0.468 e. The SMILES string of the molecule is CCCn1cc(S(=O)(=O)N(CC)Cc2ccco2)c(N)n1. The fourth-order valence-electron chi connectivity index (χ4n) is 2.04. The zero-order valence-electron chi connectivity index (χ0n) is 12.2. The van der Waals surface area contributed by atoms with Gasteiger partial charge in [-0.3, -0.25) is 4.68 Å². The lowest BCUT2D eigenvalue weighted by Crippen LogP contribution is -2.30. The van der Waals surface area contributed by atoms with Crippen LogP contribution < -0.4 is 5.73 Å². The molecule has 0 atom stereocenters. The molecule has 0 aliphatic carbocycles. The molecule has 2 aromatic heterocycles. The van der Waals surface area contributed by atoms with Crippen molar-refractivity contribution in [3.05, 3.63) is 30.4 Å². The molecular formula is C13H20N4O3S. The van der Waals surface area contributed by atoms with Gasteiger partial charge >= 0.3 is 0 Å². The Balaban J connectivity index is 2.30. The Morgan fingerprint density at radius 1 is 1.43 bits per heavy atom. The Bertz CT molecular complexity index is 676. The van der Waals surface area contributed by atoms with Gasteiger partial charge in [0.15, 0.2) is 5.82 Å². The molecule has 116 valence electrons. The summed E-state index contributed by atoms with van der Waals surface area (Å²) in [5.41, 5.74) is 5.76. The van der Waals surface area contributed by atoms with Crippen LogP contribution >= 0.6 is 0 Å². The van der Waals surface area contributed by atoms with Gasteiger partial charge in [-0.1, -0.05) is 13.8 Å². The van der Waals surface area contributed by atoms with E-state index in [0.717, 1.165) is 6.42 Å². The number of furan rings is 1. The van der Waals surface area contributed by atoms with Gasteiger partial charge in [-0.25, -0.2) is 8.42 Å². The smallest absolute Gasteiger partial charge is 0.248 e. The predicted octanol–water partition coefficient (Wildman–Crippen LogP) is 1.68. The monoisotopic (exact) mass is 312 g/mol. The Morgan fingerprint density at radius 3 is 2.76 bits per heavy atom. The van der Waals surface area contributed by atoms with Crippen LogP contribution in [0.5, 0.6) is 0 Å². The third kappa shape index (κ3) is 3.27. The van der Waals surface area contributed by atoms with Gasteiger partial charge in [0.25, 0.3) is 0 Å². The van der Waals surface area contributed by atoms with Crippen molar-refractivity contribution < 1.29 is 12.8 Å². The summed E-state index contributed by atoms with van der Waals surface area (Å²) in [5.74, 6) is 0.612. The zero-order chi connectivity index (χ0) is 15.5. The fraction of sp³-hybridized carbons (Fsp3) is 0.462. The van der Waals surface area contributed by atoms with Crippen LogP contribution in [0.15, 0.2) is 33.9 Å². The van der Waals surface area contributed by atoms with Crippen molar-refractivity contribution in [2.75, 3.05) is 12.3 Å². The minimum atomic E-state index is -3.69. The maximum atomic E-state index is 12.7. The maximum absolute atomic E-state index is 12.7. The van der Waals surface area contributed by atoms with Gasteiger partial charge < -0.3 is 10.2 Å². The van der Waals surface area contributed by atoms with Crippen LogP contribution in [-0.4, -0.2) is 29.0 Å². The third-order valence-electron chi connectivity index (χ3n) is 3.09. The molecule has 2 aromatic rings. The average Bonchev–Trinajstić information content (AvgIpc) is 3.06. The lowest BCUT2D eigenvalue weighted by Gasteiger charge is -2.18. The number of nitrogen functional groups attached to an aromatic ring is 1. The molecule has 0 aliphatic heterocycles. The highest BCUT2D eigenvalue weighted by Crippen LogP contribution is 2.23. The molecular weight excluding hydrogens is 292 g/mol. The van der Waals surface area contributed by atoms with Crippen molar-refractivity contribution in [3.63, 3.8) is 0 Å². The summed E-state index contributed by atoms with van der Waals surface area (Å²) in [6.45, 7) is 4.88. The van der Waals surface area contributed by atoms with Crippen LogP contribution in [0.3, 0.4) is 0 Å². The third-order valence-corrected chi connectivity index (χ3v) is 5.03. The minimum absolute atomic E-state index is 0.0290. The predicted molar refractivity (Wildman–Crippen MR) is 78.9 cm³/mol. The van der Waals surface area contributed by atoms with Gasteiger partial charge in [0.2, 0.25) is 10.0 Å². The van der Waals surface area contributed by atoms with Crippen molar-refractivity contribution in [2.24, 2.45) is 0 Å². The summed E-state index contributed by atoms with van der Waals surface area (Å²) in [6, 6.07) is 3.46. The summed E-state index contributed by atoms with van der Waals surface area (Å²) in [4.78, 5) is 0.0457. The first-order chi connectivity index (χ1) is 9.98. The summed E-state index contributed by atoms with van der Waals surface area (Å²) in [5, 5.41) is 4.05.